The van der Waals surface area contributed by atoms with E-state index in [2.05, 4.69) is 0 Å². The first-order chi connectivity index (χ1) is 21.5. The van der Waals surface area contributed by atoms with Gasteiger partial charge in [-0.05, 0) is 95.9 Å². The molecule has 3 aliphatic rings. The molecule has 0 radical (unpaired) electrons. The van der Waals surface area contributed by atoms with Crippen LogP contribution in [-0.4, -0.2) is 111 Å². The summed E-state index contributed by atoms with van der Waals surface area (Å²) in [4.78, 5) is 30.0. The van der Waals surface area contributed by atoms with Gasteiger partial charge < -0.3 is 72.8 Å². The number of carboxylic acids is 3. The average molecular weight is 745 g/mol. The summed E-state index contributed by atoms with van der Waals surface area (Å²) in [5, 5.41) is 101. The van der Waals surface area contributed by atoms with Gasteiger partial charge in [-0.3, -0.25) is 0 Å². The maximum Gasteiger partial charge on any atom is 0.124 e. The Labute approximate surface area is 302 Å². The van der Waals surface area contributed by atoms with Crippen molar-refractivity contribution < 1.29 is 83.1 Å². The summed E-state index contributed by atoms with van der Waals surface area (Å²) >= 11 is 0. The molecule has 298 valence electrons. The molecule has 0 aliphatic carbocycles. The molecule has 50 heavy (non-hydrogen) atoms. The first-order valence-electron chi connectivity index (χ1n) is 16.5. The van der Waals surface area contributed by atoms with E-state index in [1.165, 1.54) is 0 Å². The highest BCUT2D eigenvalue weighted by Gasteiger charge is 2.50. The Hall–Kier alpha value is -1.70. The van der Waals surface area contributed by atoms with Crippen LogP contribution >= 0.6 is 0 Å². The van der Waals surface area contributed by atoms with Crippen LogP contribution in [0.2, 0.25) is 0 Å². The number of hydroxylamine groups is 6. The van der Waals surface area contributed by atoms with Crippen LogP contribution in [0.1, 0.15) is 134 Å². The minimum Gasteiger partial charge on any atom is -1.00 e. The number of nitrogens with one attached hydrogen (secondary N) is 2. The zero-order valence-corrected chi connectivity index (χ0v) is 32.5. The van der Waals surface area contributed by atoms with E-state index in [0.717, 1.165) is 5.06 Å². The number of hydrogen-bond acceptors (Lipinski definition) is 14. The van der Waals surface area contributed by atoms with Gasteiger partial charge in [-0.1, -0.05) is 0 Å². The summed E-state index contributed by atoms with van der Waals surface area (Å²) in [6, 6.07) is 0. The second-order valence-corrected chi connectivity index (χ2v) is 17.8. The van der Waals surface area contributed by atoms with Gasteiger partial charge in [0.05, 0.1) is 24.3 Å². The third kappa shape index (κ3) is 14.7. The van der Waals surface area contributed by atoms with E-state index in [9.17, 15) is 60.6 Å². The predicted molar refractivity (Wildman–Crippen MR) is 170 cm³/mol. The molecule has 0 bridgehead atoms. The van der Waals surface area contributed by atoms with Gasteiger partial charge >= 0.3 is 0 Å². The molecule has 16 nitrogen and oxygen atoms in total. The number of nitrogens with zero attached hydrogens (tertiary/aromatic N) is 1. The summed E-state index contributed by atoms with van der Waals surface area (Å²) in [7, 11) is 0. The van der Waals surface area contributed by atoms with Gasteiger partial charge in [0, 0.05) is 61.5 Å². The molecule has 0 aromatic rings. The SMILES string of the molecule is CC1(C)CC(O)CC(C)(C)N1[O-].CC1(C)CC(O)CC(C)(C)[NH+]1O.CC1(C)CC(O)CC(C)(C)[NH+]1O.O=C([O-])CC(O)(CC(=O)[O-])C(=O)[O-].[Cl-]. The number of carbonyl (C=O) groups excluding carboxylic acids is 3. The molecule has 0 saturated carbocycles. The van der Waals surface area contributed by atoms with Crippen LogP contribution in [0.25, 0.3) is 0 Å². The smallest absolute Gasteiger partial charge is 0.124 e. The van der Waals surface area contributed by atoms with Gasteiger partial charge in [0.2, 0.25) is 0 Å². The molecule has 0 atom stereocenters. The van der Waals surface area contributed by atoms with Gasteiger partial charge in [-0.2, -0.15) is 10.1 Å². The number of carboxylic acid groups (broad SMARTS) is 3. The Morgan fingerprint density at radius 2 is 0.820 bits per heavy atom. The highest BCUT2D eigenvalue weighted by atomic mass is 35.5. The van der Waals surface area contributed by atoms with Gasteiger partial charge in [0.1, 0.15) is 27.8 Å². The summed E-state index contributed by atoms with van der Waals surface area (Å²) in [5.74, 6) is -5.98. The molecule has 0 aromatic carbocycles. The lowest BCUT2D eigenvalue weighted by Crippen LogP contribution is -3.25. The molecule has 17 heteroatoms. The number of carbonyl (C=O) groups is 3. The van der Waals surface area contributed by atoms with E-state index < -0.39 is 47.4 Å². The Morgan fingerprint density at radius 1 is 0.600 bits per heavy atom. The van der Waals surface area contributed by atoms with E-state index in [-0.39, 0.29) is 52.9 Å². The lowest BCUT2D eigenvalue weighted by atomic mass is 9.80. The van der Waals surface area contributed by atoms with Crippen molar-refractivity contribution in [2.75, 3.05) is 0 Å². The van der Waals surface area contributed by atoms with Crippen LogP contribution < -0.4 is 37.9 Å². The van der Waals surface area contributed by atoms with Gasteiger partial charge in [0.15, 0.2) is 0 Å². The lowest BCUT2D eigenvalue weighted by molar-refractivity contribution is -1.16. The number of piperidine rings is 3. The fourth-order valence-corrected chi connectivity index (χ4v) is 7.61. The minimum atomic E-state index is -2.97. The fraction of sp³-hybridized carbons (Fsp3) is 0.909. The zero-order valence-electron chi connectivity index (χ0n) is 31.8. The normalized spacial score (nSPS) is 29.1. The Kier molecular flexibility index (Phi) is 18.0. The molecule has 3 fully saturated rings. The molecule has 3 heterocycles. The maximum absolute atomic E-state index is 11.7. The number of quaternary nitrogens is 2. The van der Waals surface area contributed by atoms with Crippen LogP contribution in [0.15, 0.2) is 0 Å². The zero-order chi connectivity index (χ0) is 39.4. The molecule has 0 unspecified atom stereocenters. The molecule has 3 saturated heterocycles. The first kappa shape index (κ1) is 50.4. The van der Waals surface area contributed by atoms with Crippen LogP contribution in [0.3, 0.4) is 0 Å². The summed E-state index contributed by atoms with van der Waals surface area (Å²) in [5.41, 5.74) is -4.77. The predicted octanol–water partition coefficient (Wildman–Crippen LogP) is -6.81. The topological polar surface area (TPSA) is 277 Å². The Bertz CT molecular complexity index is 965. The van der Waals surface area contributed by atoms with E-state index in [0.29, 0.717) is 48.7 Å². The second kappa shape index (κ2) is 17.9. The third-order valence-electron chi connectivity index (χ3n) is 9.37. The molecule has 0 aromatic heterocycles. The van der Waals surface area contributed by atoms with Crippen molar-refractivity contribution in [1.82, 2.24) is 5.06 Å². The van der Waals surface area contributed by atoms with Crippen molar-refractivity contribution in [2.45, 2.75) is 192 Å². The molecule has 0 spiro atoms. The van der Waals surface area contributed by atoms with Crippen LogP contribution in [0.5, 0.6) is 0 Å². The summed E-state index contributed by atoms with van der Waals surface area (Å²) in [6.45, 7) is 23.3. The maximum atomic E-state index is 11.7. The molecule has 8 N–H and O–H groups in total. The van der Waals surface area contributed by atoms with Crippen molar-refractivity contribution in [2.24, 2.45) is 0 Å². The quantitative estimate of drug-likeness (QED) is 0.130. The monoisotopic (exact) mass is 744 g/mol. The van der Waals surface area contributed by atoms with Gasteiger partial charge in [-0.25, -0.2) is 10.4 Å². The van der Waals surface area contributed by atoms with Crippen LogP contribution in [-0.2, 0) is 14.4 Å². The largest absolute Gasteiger partial charge is 1.00 e. The van der Waals surface area contributed by atoms with E-state index in [1.54, 1.807) is 0 Å². The lowest BCUT2D eigenvalue weighted by Gasteiger charge is -2.59. The highest BCUT2D eigenvalue weighted by Crippen LogP contribution is 2.37. The van der Waals surface area contributed by atoms with Crippen molar-refractivity contribution in [3.8, 4) is 0 Å². The fourth-order valence-electron chi connectivity index (χ4n) is 7.61. The molecular weight excluding hydrogens is 682 g/mol. The first-order valence-corrected chi connectivity index (χ1v) is 16.5. The number of aliphatic carboxylic acids is 3. The second-order valence-electron chi connectivity index (χ2n) is 17.8. The average Bonchev–Trinajstić information content (AvgIpc) is 2.83. The van der Waals surface area contributed by atoms with E-state index in [4.69, 9.17) is 5.11 Å². The van der Waals surface area contributed by atoms with Gasteiger partial charge in [-0.15, -0.1) is 0 Å². The van der Waals surface area contributed by atoms with Crippen molar-refractivity contribution in [3.63, 3.8) is 0 Å². The Morgan fingerprint density at radius 3 is 1.02 bits per heavy atom. The molecular formula is C33H63ClN3O13-3. The number of aliphatic hydroxyl groups excluding tert-OH is 3. The van der Waals surface area contributed by atoms with Gasteiger partial charge in [0.25, 0.3) is 0 Å². The summed E-state index contributed by atoms with van der Waals surface area (Å²) in [6.07, 6.45) is 0.221. The van der Waals surface area contributed by atoms with Crippen molar-refractivity contribution in [3.05, 3.63) is 5.21 Å². The number of aliphatic hydroxyl groups is 4. The van der Waals surface area contributed by atoms with Crippen LogP contribution in [0.4, 0.5) is 0 Å². The van der Waals surface area contributed by atoms with E-state index in [1.807, 2.05) is 83.1 Å². The minimum absolute atomic E-state index is 0. The third-order valence-corrected chi connectivity index (χ3v) is 9.37. The molecule has 0 amide bonds. The van der Waals surface area contributed by atoms with Crippen LogP contribution in [0, 0.1) is 5.21 Å². The number of halogens is 1. The molecule has 3 aliphatic heterocycles. The van der Waals surface area contributed by atoms with Crippen molar-refractivity contribution >= 4 is 17.9 Å². The number of hydrogen-bond donors (Lipinski definition) is 8. The highest BCUT2D eigenvalue weighted by molar-refractivity contribution is 5.86. The number of rotatable bonds is 5. The van der Waals surface area contributed by atoms with Crippen molar-refractivity contribution in [1.29, 1.82) is 0 Å². The Balaban J connectivity index is 0. The molecule has 3 rings (SSSR count). The summed E-state index contributed by atoms with van der Waals surface area (Å²) < 4.78 is 0. The van der Waals surface area contributed by atoms with E-state index >= 15 is 0 Å². The standard InChI is InChI=1S/2C9H19NO2.C9H18NO2.C6H8O7.ClH/c3*1-8(2)5-7(11)6-9(3,4)10(8)12;7-3(8)1-6(13,5(11)12)2-4(9)10;/h2*7,11-12H,5-6H2,1-4H3;7,11H,5-6H2,1-4H3;13H,1-2H2,(H,7,8)(H,9,10)(H,11,12);1H/q;;-1;;/p-2.